The number of anilines is 3. The van der Waals surface area contributed by atoms with E-state index >= 15 is 0 Å². The maximum atomic E-state index is 6.73. The highest BCUT2D eigenvalue weighted by molar-refractivity contribution is 6.25. The topological polar surface area (TPSA) is 55.6 Å². The first kappa shape index (κ1) is 32.4. The van der Waals surface area contributed by atoms with Gasteiger partial charge in [-0.2, -0.15) is 0 Å². The van der Waals surface area contributed by atoms with Crippen LogP contribution in [0.3, 0.4) is 0 Å². The fourth-order valence-corrected chi connectivity index (χ4v) is 8.70. The first-order valence-corrected chi connectivity index (χ1v) is 19.4. The molecule has 3 heterocycles. The highest BCUT2D eigenvalue weighted by Crippen LogP contribution is 2.46. The standard InChI is InChI=1S/C53H32N2O3/c1-3-13-34(14-4-1)53-54-43-31-35(27-30-46(43)58-53)42-32-49-52(40-18-8-7-17-39(40)42)51-38(20-11-23-48(51)57-49)33-25-28-37(29-26-33)55(36-15-5-2-6-16-36)44-21-12-24-47-50(44)41-19-9-10-22-45(41)56-47/h1-32H. The Hall–Kier alpha value is -7.89. The van der Waals surface area contributed by atoms with Gasteiger partial charge in [0.05, 0.1) is 11.1 Å². The molecule has 0 unspecified atom stereocenters. The molecule has 0 amide bonds. The number of nitrogens with zero attached hydrogens (tertiary/aromatic N) is 2. The molecule has 0 aliphatic rings. The van der Waals surface area contributed by atoms with Crippen molar-refractivity contribution >= 4 is 82.8 Å². The summed E-state index contributed by atoms with van der Waals surface area (Å²) < 4.78 is 19.2. The molecule has 0 saturated heterocycles. The lowest BCUT2D eigenvalue weighted by Crippen LogP contribution is -2.10. The zero-order chi connectivity index (χ0) is 38.2. The summed E-state index contributed by atoms with van der Waals surface area (Å²) in [6, 6.07) is 67.3. The largest absolute Gasteiger partial charge is 0.456 e. The molecule has 272 valence electrons. The lowest BCUT2D eigenvalue weighted by Gasteiger charge is -2.26. The Morgan fingerprint density at radius 2 is 0.983 bits per heavy atom. The molecule has 5 heteroatoms. The minimum atomic E-state index is 0.614. The number of aromatic nitrogens is 1. The van der Waals surface area contributed by atoms with E-state index in [1.807, 2.05) is 54.6 Å². The molecule has 0 saturated carbocycles. The van der Waals surface area contributed by atoms with E-state index in [1.165, 1.54) is 0 Å². The summed E-state index contributed by atoms with van der Waals surface area (Å²) in [6.45, 7) is 0. The molecule has 0 atom stereocenters. The molecule has 12 rings (SSSR count). The van der Waals surface area contributed by atoms with Crippen molar-refractivity contribution in [2.24, 2.45) is 0 Å². The number of rotatable bonds is 6. The van der Waals surface area contributed by atoms with Gasteiger partial charge in [0.25, 0.3) is 0 Å². The average Bonchev–Trinajstić information content (AvgIpc) is 4.01. The van der Waals surface area contributed by atoms with Crippen LogP contribution in [0.1, 0.15) is 0 Å². The van der Waals surface area contributed by atoms with Crippen LogP contribution in [0.25, 0.3) is 99.5 Å². The monoisotopic (exact) mass is 744 g/mol. The average molecular weight is 745 g/mol. The van der Waals surface area contributed by atoms with Gasteiger partial charge < -0.3 is 18.2 Å². The van der Waals surface area contributed by atoms with Gasteiger partial charge in [-0.25, -0.2) is 4.98 Å². The number of hydrogen-bond acceptors (Lipinski definition) is 5. The molecule has 0 bridgehead atoms. The Balaban J connectivity index is 0.992. The van der Waals surface area contributed by atoms with Gasteiger partial charge in [-0.05, 0) is 112 Å². The molecule has 0 N–H and O–H groups in total. The number of fused-ring (bicyclic) bond motifs is 9. The SMILES string of the molecule is c1ccc(-c2nc3cc(-c4cc5oc6cccc(-c7ccc(N(c8ccccc8)c8cccc9oc%10ccccc%10c89)cc7)c6c5c5ccccc45)ccc3o2)cc1. The molecule has 0 aliphatic heterocycles. The summed E-state index contributed by atoms with van der Waals surface area (Å²) in [4.78, 5) is 7.18. The van der Waals surface area contributed by atoms with E-state index in [-0.39, 0.29) is 0 Å². The second-order valence-electron chi connectivity index (χ2n) is 14.7. The summed E-state index contributed by atoms with van der Waals surface area (Å²) in [7, 11) is 0. The first-order chi connectivity index (χ1) is 28.7. The zero-order valence-corrected chi connectivity index (χ0v) is 31.1. The summed E-state index contributed by atoms with van der Waals surface area (Å²) in [5.41, 5.74) is 13.5. The van der Waals surface area contributed by atoms with Gasteiger partial charge >= 0.3 is 0 Å². The van der Waals surface area contributed by atoms with Crippen LogP contribution in [0.2, 0.25) is 0 Å². The van der Waals surface area contributed by atoms with E-state index in [0.717, 1.165) is 111 Å². The van der Waals surface area contributed by atoms with Crippen LogP contribution in [0.15, 0.2) is 207 Å². The zero-order valence-electron chi connectivity index (χ0n) is 31.1. The van der Waals surface area contributed by atoms with Crippen molar-refractivity contribution in [2.75, 3.05) is 4.90 Å². The van der Waals surface area contributed by atoms with Crippen LogP contribution in [0.5, 0.6) is 0 Å². The van der Waals surface area contributed by atoms with Crippen molar-refractivity contribution in [3.8, 4) is 33.7 Å². The maximum absolute atomic E-state index is 6.73. The highest BCUT2D eigenvalue weighted by atomic mass is 16.3. The third kappa shape index (κ3) is 5.07. The molecule has 0 fully saturated rings. The fourth-order valence-electron chi connectivity index (χ4n) is 8.70. The normalized spacial score (nSPS) is 11.8. The Kier molecular flexibility index (Phi) is 7.16. The number of hydrogen-bond donors (Lipinski definition) is 0. The summed E-state index contributed by atoms with van der Waals surface area (Å²) in [6.07, 6.45) is 0. The van der Waals surface area contributed by atoms with E-state index < -0.39 is 0 Å². The molecule has 5 nitrogen and oxygen atoms in total. The molecule has 9 aromatic carbocycles. The van der Waals surface area contributed by atoms with Crippen molar-refractivity contribution < 1.29 is 13.3 Å². The number of para-hydroxylation sites is 2. The lowest BCUT2D eigenvalue weighted by molar-refractivity contribution is 0.620. The van der Waals surface area contributed by atoms with Crippen LogP contribution >= 0.6 is 0 Å². The Morgan fingerprint density at radius 1 is 0.345 bits per heavy atom. The quantitative estimate of drug-likeness (QED) is 0.170. The molecule has 3 aromatic heterocycles. The third-order valence-electron chi connectivity index (χ3n) is 11.3. The summed E-state index contributed by atoms with van der Waals surface area (Å²) in [5, 5.41) is 6.67. The number of oxazole rings is 1. The van der Waals surface area contributed by atoms with Crippen LogP contribution in [-0.2, 0) is 0 Å². The number of furan rings is 2. The van der Waals surface area contributed by atoms with Crippen molar-refractivity contribution in [1.82, 2.24) is 4.98 Å². The highest BCUT2D eigenvalue weighted by Gasteiger charge is 2.21. The van der Waals surface area contributed by atoms with Crippen LogP contribution in [0.4, 0.5) is 17.1 Å². The molecule has 12 aromatic rings. The van der Waals surface area contributed by atoms with E-state index in [0.29, 0.717) is 5.89 Å². The molecule has 58 heavy (non-hydrogen) atoms. The van der Waals surface area contributed by atoms with Crippen molar-refractivity contribution in [2.45, 2.75) is 0 Å². The fraction of sp³-hybridized carbons (Fsp3) is 0. The van der Waals surface area contributed by atoms with Crippen molar-refractivity contribution in [1.29, 1.82) is 0 Å². The van der Waals surface area contributed by atoms with Gasteiger partial charge in [0.1, 0.15) is 27.8 Å². The maximum Gasteiger partial charge on any atom is 0.227 e. The van der Waals surface area contributed by atoms with E-state index in [9.17, 15) is 0 Å². The van der Waals surface area contributed by atoms with Gasteiger partial charge in [0.2, 0.25) is 5.89 Å². The van der Waals surface area contributed by atoms with Crippen LogP contribution in [-0.4, -0.2) is 4.98 Å². The predicted octanol–water partition coefficient (Wildman–Crippen LogP) is 15.3. The van der Waals surface area contributed by atoms with Crippen LogP contribution < -0.4 is 4.90 Å². The van der Waals surface area contributed by atoms with Crippen LogP contribution in [0, 0.1) is 0 Å². The van der Waals surface area contributed by atoms with Gasteiger partial charge in [-0.3, -0.25) is 0 Å². The van der Waals surface area contributed by atoms with Gasteiger partial charge in [0.15, 0.2) is 5.58 Å². The van der Waals surface area contributed by atoms with Gasteiger partial charge in [0, 0.05) is 33.1 Å². The minimum absolute atomic E-state index is 0.614. The molecular weight excluding hydrogens is 713 g/mol. The van der Waals surface area contributed by atoms with E-state index in [1.54, 1.807) is 0 Å². The summed E-state index contributed by atoms with van der Waals surface area (Å²) in [5.74, 6) is 0.614. The molecular formula is C53H32N2O3. The Labute approximate surface area is 332 Å². The van der Waals surface area contributed by atoms with Crippen molar-refractivity contribution in [3.63, 3.8) is 0 Å². The molecule has 0 spiro atoms. The Morgan fingerprint density at radius 3 is 1.81 bits per heavy atom. The van der Waals surface area contributed by atoms with Gasteiger partial charge in [-0.1, -0.05) is 115 Å². The summed E-state index contributed by atoms with van der Waals surface area (Å²) >= 11 is 0. The van der Waals surface area contributed by atoms with E-state index in [4.69, 9.17) is 18.2 Å². The van der Waals surface area contributed by atoms with Gasteiger partial charge in [-0.15, -0.1) is 0 Å². The first-order valence-electron chi connectivity index (χ1n) is 19.4. The molecule has 0 aliphatic carbocycles. The number of benzene rings is 9. The second kappa shape index (κ2) is 12.8. The second-order valence-corrected chi connectivity index (χ2v) is 14.7. The lowest BCUT2D eigenvalue weighted by atomic mass is 9.92. The van der Waals surface area contributed by atoms with E-state index in [2.05, 4.69) is 144 Å². The Bertz CT molecular complexity index is 3510. The third-order valence-corrected chi connectivity index (χ3v) is 11.3. The molecule has 0 radical (unpaired) electrons. The van der Waals surface area contributed by atoms with Crippen molar-refractivity contribution in [3.05, 3.63) is 194 Å². The smallest absolute Gasteiger partial charge is 0.227 e. The predicted molar refractivity (Wildman–Crippen MR) is 237 cm³/mol. The minimum Gasteiger partial charge on any atom is -0.456 e.